The molecule has 1 aliphatic carbocycles. The fraction of sp³-hybridized carbons (Fsp3) is 0.400. The van der Waals surface area contributed by atoms with Crippen molar-refractivity contribution in [3.05, 3.63) is 28.7 Å². The van der Waals surface area contributed by atoms with Crippen LogP contribution in [0.1, 0.15) is 19.8 Å². The number of benzene rings is 1. The van der Waals surface area contributed by atoms with Crippen LogP contribution in [-0.2, 0) is 10.0 Å². The van der Waals surface area contributed by atoms with Crippen molar-refractivity contribution in [2.75, 3.05) is 4.72 Å². The molecule has 0 amide bonds. The Balaban J connectivity index is 2.27. The lowest BCUT2D eigenvalue weighted by molar-refractivity contribution is 0.587. The monoisotopic (exact) mass is 289 g/mol. The number of nitrogens with one attached hydrogen (secondary N) is 1. The number of hydrogen-bond donors (Lipinski definition) is 1. The molecule has 0 spiro atoms. The molecule has 0 radical (unpaired) electrons. The third kappa shape index (κ3) is 2.03. The van der Waals surface area contributed by atoms with Gasteiger partial charge in [-0.3, -0.25) is 4.72 Å². The van der Waals surface area contributed by atoms with Crippen molar-refractivity contribution in [2.45, 2.75) is 24.5 Å². The summed E-state index contributed by atoms with van der Waals surface area (Å²) in [6.07, 6.45) is 1.49. The van der Waals surface area contributed by atoms with Gasteiger partial charge < -0.3 is 0 Å². The minimum Gasteiger partial charge on any atom is -0.282 e. The summed E-state index contributed by atoms with van der Waals surface area (Å²) < 4.78 is 26.6. The van der Waals surface area contributed by atoms with Crippen molar-refractivity contribution in [3.8, 4) is 0 Å². The highest BCUT2D eigenvalue weighted by molar-refractivity contribution is 9.10. The summed E-state index contributed by atoms with van der Waals surface area (Å²) in [6, 6.07) is 7.21. The Morgan fingerprint density at radius 3 is 2.47 bits per heavy atom. The molecule has 0 unspecified atom stereocenters. The molecule has 5 heteroatoms. The van der Waals surface area contributed by atoms with E-state index in [9.17, 15) is 8.42 Å². The van der Waals surface area contributed by atoms with Crippen LogP contribution in [0.4, 0.5) is 5.69 Å². The van der Waals surface area contributed by atoms with Gasteiger partial charge in [0.05, 0.1) is 10.4 Å². The summed E-state index contributed by atoms with van der Waals surface area (Å²) in [5.41, 5.74) is 0.602. The number of sulfonamides is 1. The predicted octanol–water partition coefficient (Wildman–Crippen LogP) is 2.74. The van der Waals surface area contributed by atoms with Crippen molar-refractivity contribution >= 4 is 31.6 Å². The maximum Gasteiger partial charge on any atom is 0.238 e. The molecule has 0 saturated heterocycles. The molecule has 15 heavy (non-hydrogen) atoms. The molecule has 1 N–H and O–H groups in total. The Morgan fingerprint density at radius 1 is 1.33 bits per heavy atom. The SMILES string of the molecule is CC1(S(=O)(=O)Nc2ccccc2Br)CC1. The van der Waals surface area contributed by atoms with Gasteiger partial charge in [-0.1, -0.05) is 12.1 Å². The van der Waals surface area contributed by atoms with E-state index in [1.807, 2.05) is 12.1 Å². The maximum absolute atomic E-state index is 11.9. The van der Waals surface area contributed by atoms with E-state index in [0.717, 1.165) is 17.3 Å². The Bertz CT molecular complexity index is 480. The molecule has 0 bridgehead atoms. The topological polar surface area (TPSA) is 46.2 Å². The van der Waals surface area contributed by atoms with Gasteiger partial charge in [-0.2, -0.15) is 0 Å². The molecule has 1 aromatic carbocycles. The molecule has 3 nitrogen and oxygen atoms in total. The van der Waals surface area contributed by atoms with Gasteiger partial charge in [-0.05, 0) is 47.8 Å². The van der Waals surface area contributed by atoms with Crippen molar-refractivity contribution < 1.29 is 8.42 Å². The number of hydrogen-bond acceptors (Lipinski definition) is 2. The summed E-state index contributed by atoms with van der Waals surface area (Å²) in [5.74, 6) is 0. The largest absolute Gasteiger partial charge is 0.282 e. The Labute approximate surface area is 98.1 Å². The summed E-state index contributed by atoms with van der Waals surface area (Å²) in [5, 5.41) is 0. The van der Waals surface area contributed by atoms with Crippen LogP contribution < -0.4 is 4.72 Å². The second-order valence-electron chi connectivity index (χ2n) is 4.04. The van der Waals surface area contributed by atoms with E-state index in [4.69, 9.17) is 0 Å². The smallest absolute Gasteiger partial charge is 0.238 e. The lowest BCUT2D eigenvalue weighted by Crippen LogP contribution is -2.26. The molecular formula is C10H12BrNO2S. The fourth-order valence-corrected chi connectivity index (χ4v) is 3.13. The van der Waals surface area contributed by atoms with E-state index in [1.54, 1.807) is 19.1 Å². The maximum atomic E-state index is 11.9. The predicted molar refractivity (Wildman–Crippen MR) is 64.3 cm³/mol. The van der Waals surface area contributed by atoms with Crippen LogP contribution in [0.5, 0.6) is 0 Å². The van der Waals surface area contributed by atoms with E-state index >= 15 is 0 Å². The first-order valence-electron chi connectivity index (χ1n) is 4.72. The normalized spacial score (nSPS) is 18.5. The van der Waals surface area contributed by atoms with Gasteiger partial charge in [0.2, 0.25) is 10.0 Å². The van der Waals surface area contributed by atoms with Crippen LogP contribution in [0.3, 0.4) is 0 Å². The Morgan fingerprint density at radius 2 is 1.93 bits per heavy atom. The fourth-order valence-electron chi connectivity index (χ4n) is 1.26. The number of rotatable bonds is 3. The minimum absolute atomic E-state index is 0.567. The number of anilines is 1. The van der Waals surface area contributed by atoms with Crippen LogP contribution in [0.2, 0.25) is 0 Å². The van der Waals surface area contributed by atoms with Crippen molar-refractivity contribution in [1.82, 2.24) is 0 Å². The second-order valence-corrected chi connectivity index (χ2v) is 7.09. The molecule has 2 rings (SSSR count). The lowest BCUT2D eigenvalue weighted by atomic mass is 10.3. The van der Waals surface area contributed by atoms with E-state index in [-0.39, 0.29) is 0 Å². The van der Waals surface area contributed by atoms with Crippen molar-refractivity contribution in [1.29, 1.82) is 0 Å². The first-order chi connectivity index (χ1) is 6.95. The van der Waals surface area contributed by atoms with E-state index < -0.39 is 14.8 Å². The average Bonchev–Trinajstić information content (AvgIpc) is 2.89. The highest BCUT2D eigenvalue weighted by Crippen LogP contribution is 2.43. The van der Waals surface area contributed by atoms with Gasteiger partial charge in [0.25, 0.3) is 0 Å². The van der Waals surface area contributed by atoms with Crippen LogP contribution >= 0.6 is 15.9 Å². The third-order valence-electron chi connectivity index (χ3n) is 2.72. The van der Waals surface area contributed by atoms with Crippen LogP contribution in [-0.4, -0.2) is 13.2 Å². The highest BCUT2D eigenvalue weighted by Gasteiger charge is 2.50. The first kappa shape index (κ1) is 11.0. The molecule has 0 atom stereocenters. The van der Waals surface area contributed by atoms with Gasteiger partial charge in [0.1, 0.15) is 0 Å². The molecule has 0 aromatic heterocycles. The van der Waals surface area contributed by atoms with Crippen molar-refractivity contribution in [2.24, 2.45) is 0 Å². The molecule has 82 valence electrons. The van der Waals surface area contributed by atoms with Gasteiger partial charge in [0.15, 0.2) is 0 Å². The van der Waals surface area contributed by atoms with Gasteiger partial charge in [-0.15, -0.1) is 0 Å². The summed E-state index contributed by atoms with van der Waals surface area (Å²) in [7, 11) is -3.24. The second kappa shape index (κ2) is 3.49. The zero-order valence-corrected chi connectivity index (χ0v) is 10.7. The van der Waals surface area contributed by atoms with Gasteiger partial charge in [-0.25, -0.2) is 8.42 Å². The van der Waals surface area contributed by atoms with E-state index in [2.05, 4.69) is 20.7 Å². The number of para-hydroxylation sites is 1. The summed E-state index contributed by atoms with van der Waals surface area (Å²) >= 11 is 3.31. The molecule has 1 aromatic rings. The zero-order valence-electron chi connectivity index (χ0n) is 8.33. The molecular weight excluding hydrogens is 278 g/mol. The molecule has 1 saturated carbocycles. The standard InChI is InChI=1S/C10H12BrNO2S/c1-10(6-7-10)15(13,14)12-9-5-3-2-4-8(9)11/h2-5,12H,6-7H2,1H3. The van der Waals surface area contributed by atoms with Crippen molar-refractivity contribution in [3.63, 3.8) is 0 Å². The van der Waals surface area contributed by atoms with Crippen LogP contribution in [0.25, 0.3) is 0 Å². The summed E-state index contributed by atoms with van der Waals surface area (Å²) in [6.45, 7) is 1.77. The quantitative estimate of drug-likeness (QED) is 0.930. The highest BCUT2D eigenvalue weighted by atomic mass is 79.9. The first-order valence-corrected chi connectivity index (χ1v) is 6.99. The zero-order chi connectivity index (χ0) is 11.1. The lowest BCUT2D eigenvalue weighted by Gasteiger charge is -2.13. The third-order valence-corrected chi connectivity index (χ3v) is 5.61. The molecule has 0 aliphatic heterocycles. The molecule has 1 fully saturated rings. The minimum atomic E-state index is -3.24. The van der Waals surface area contributed by atoms with Crippen LogP contribution in [0.15, 0.2) is 28.7 Å². The Kier molecular flexibility index (Phi) is 2.55. The summed E-state index contributed by atoms with van der Waals surface area (Å²) in [4.78, 5) is 0. The van der Waals surface area contributed by atoms with Crippen LogP contribution in [0, 0.1) is 0 Å². The van der Waals surface area contributed by atoms with Gasteiger partial charge >= 0.3 is 0 Å². The Hall–Kier alpha value is -0.550. The molecule has 1 aliphatic rings. The van der Waals surface area contributed by atoms with Gasteiger partial charge in [0, 0.05) is 4.47 Å². The van der Waals surface area contributed by atoms with E-state index in [0.29, 0.717) is 5.69 Å². The molecule has 0 heterocycles. The van der Waals surface area contributed by atoms with E-state index in [1.165, 1.54) is 0 Å². The number of halogens is 1. The average molecular weight is 290 g/mol.